The third-order valence-corrected chi connectivity index (χ3v) is 8.70. The molecule has 45 heavy (non-hydrogen) atoms. The summed E-state index contributed by atoms with van der Waals surface area (Å²) in [6, 6.07) is 38.3. The highest BCUT2D eigenvalue weighted by Gasteiger charge is 2.39. The van der Waals surface area contributed by atoms with Crippen LogP contribution in [0.2, 0.25) is 5.02 Å². The van der Waals surface area contributed by atoms with Gasteiger partial charge in [0.05, 0.1) is 16.1 Å². The van der Waals surface area contributed by atoms with Crippen LogP contribution in [0.1, 0.15) is 85.3 Å². The number of phenols is 2. The Morgan fingerprint density at radius 2 is 0.978 bits per heavy atom. The number of anilines is 1. The van der Waals surface area contributed by atoms with Gasteiger partial charge in [-0.25, -0.2) is 0 Å². The number of carbonyl (C=O) groups is 1. The fourth-order valence-electron chi connectivity index (χ4n) is 6.12. The van der Waals surface area contributed by atoms with Gasteiger partial charge in [-0.3, -0.25) is 4.79 Å². The summed E-state index contributed by atoms with van der Waals surface area (Å²) in [7, 11) is 0. The molecule has 230 valence electrons. The lowest BCUT2D eigenvalue weighted by Crippen LogP contribution is -2.31. The molecule has 0 aliphatic heterocycles. The van der Waals surface area contributed by atoms with E-state index in [-0.39, 0.29) is 17.1 Å². The molecule has 0 saturated carbocycles. The largest absolute Gasteiger partial charge is 0.507 e. The molecule has 4 nitrogen and oxygen atoms in total. The normalized spacial score (nSPS) is 12.2. The lowest BCUT2D eigenvalue weighted by atomic mass is 9.65. The van der Waals surface area contributed by atoms with Gasteiger partial charge in [0.2, 0.25) is 0 Å². The van der Waals surface area contributed by atoms with Crippen LogP contribution in [0, 0.1) is 0 Å². The quantitative estimate of drug-likeness (QED) is 0.166. The van der Waals surface area contributed by atoms with Crippen molar-refractivity contribution >= 4 is 23.2 Å². The van der Waals surface area contributed by atoms with E-state index in [0.717, 1.165) is 22.3 Å². The number of aromatic hydroxyl groups is 2. The second-order valence-electron chi connectivity index (χ2n) is 13.5. The lowest BCUT2D eigenvalue weighted by molar-refractivity contribution is 0.102. The molecule has 0 aromatic heterocycles. The van der Waals surface area contributed by atoms with E-state index in [9.17, 15) is 15.0 Å². The minimum absolute atomic E-state index is 0.167. The molecule has 0 saturated heterocycles. The van der Waals surface area contributed by atoms with Crippen LogP contribution in [0.4, 0.5) is 5.69 Å². The van der Waals surface area contributed by atoms with Gasteiger partial charge in [-0.15, -0.1) is 0 Å². The number of hydrogen-bond acceptors (Lipinski definition) is 3. The molecule has 5 aromatic carbocycles. The van der Waals surface area contributed by atoms with Gasteiger partial charge in [0.25, 0.3) is 5.91 Å². The van der Waals surface area contributed by atoms with Crippen LogP contribution in [-0.2, 0) is 16.2 Å². The Bertz CT molecular complexity index is 1690. The Morgan fingerprint density at radius 1 is 0.578 bits per heavy atom. The van der Waals surface area contributed by atoms with E-state index in [1.54, 1.807) is 12.1 Å². The Labute approximate surface area is 271 Å². The molecule has 5 heteroatoms. The first-order chi connectivity index (χ1) is 21.3. The molecule has 0 aliphatic carbocycles. The van der Waals surface area contributed by atoms with Gasteiger partial charge in [-0.05, 0) is 51.3 Å². The van der Waals surface area contributed by atoms with E-state index in [1.165, 1.54) is 0 Å². The number of phenolic OH excluding ortho intramolecular Hbond substituents is 2. The van der Waals surface area contributed by atoms with Gasteiger partial charge in [0.15, 0.2) is 0 Å². The highest BCUT2D eigenvalue weighted by atomic mass is 35.5. The maximum absolute atomic E-state index is 13.8. The molecular formula is C40H40ClNO3. The van der Waals surface area contributed by atoms with Gasteiger partial charge in [-0.2, -0.15) is 0 Å². The first kappa shape index (κ1) is 31.9. The van der Waals surface area contributed by atoms with Gasteiger partial charge in [-0.1, -0.05) is 150 Å². The molecule has 3 N–H and O–H groups in total. The number of benzene rings is 5. The second-order valence-corrected chi connectivity index (χ2v) is 13.9. The first-order valence-electron chi connectivity index (χ1n) is 15.1. The van der Waals surface area contributed by atoms with Crippen molar-refractivity contribution in [3.05, 3.63) is 159 Å². The van der Waals surface area contributed by atoms with Gasteiger partial charge < -0.3 is 15.5 Å². The number of amides is 1. The Morgan fingerprint density at radius 3 is 1.33 bits per heavy atom. The highest BCUT2D eigenvalue weighted by Crippen LogP contribution is 2.47. The summed E-state index contributed by atoms with van der Waals surface area (Å²) in [5, 5.41) is 25.8. The van der Waals surface area contributed by atoms with Gasteiger partial charge in [0, 0.05) is 11.1 Å². The van der Waals surface area contributed by atoms with Crippen LogP contribution < -0.4 is 5.32 Å². The van der Waals surface area contributed by atoms with Crippen LogP contribution in [-0.4, -0.2) is 16.1 Å². The molecule has 0 radical (unpaired) electrons. The van der Waals surface area contributed by atoms with E-state index in [4.69, 9.17) is 11.6 Å². The molecule has 5 aromatic rings. The van der Waals surface area contributed by atoms with E-state index in [1.807, 2.05) is 108 Å². The zero-order chi connectivity index (χ0) is 32.6. The average Bonchev–Trinajstić information content (AvgIpc) is 2.99. The summed E-state index contributed by atoms with van der Waals surface area (Å²) in [6.45, 7) is 11.8. The average molecular weight is 618 g/mol. The minimum atomic E-state index is -0.699. The maximum Gasteiger partial charge on any atom is 0.263 e. The van der Waals surface area contributed by atoms with Crippen LogP contribution in [0.25, 0.3) is 0 Å². The van der Waals surface area contributed by atoms with Crippen molar-refractivity contribution in [2.75, 3.05) is 5.32 Å². The Kier molecular flexibility index (Phi) is 8.57. The lowest BCUT2D eigenvalue weighted by Gasteiger charge is -2.37. The smallest absolute Gasteiger partial charge is 0.263 e. The minimum Gasteiger partial charge on any atom is -0.507 e. The van der Waals surface area contributed by atoms with E-state index in [2.05, 4.69) is 41.7 Å². The highest BCUT2D eigenvalue weighted by molar-refractivity contribution is 6.34. The molecule has 0 fully saturated rings. The van der Waals surface area contributed by atoms with E-state index in [0.29, 0.717) is 21.8 Å². The fourth-order valence-corrected chi connectivity index (χ4v) is 6.35. The van der Waals surface area contributed by atoms with Crippen molar-refractivity contribution < 1.29 is 15.0 Å². The molecule has 0 aliphatic rings. The number of hydrogen-bond donors (Lipinski definition) is 3. The zero-order valence-corrected chi connectivity index (χ0v) is 27.4. The van der Waals surface area contributed by atoms with Crippen molar-refractivity contribution in [1.29, 1.82) is 0 Å². The number of nitrogens with one attached hydrogen (secondary N) is 1. The van der Waals surface area contributed by atoms with Crippen LogP contribution in [0.15, 0.2) is 115 Å². The summed E-state index contributed by atoms with van der Waals surface area (Å²) in [5.41, 5.74) is 3.84. The number of halogens is 1. The summed E-state index contributed by atoms with van der Waals surface area (Å²) in [5.74, 6) is -1.12. The fraction of sp³-hybridized carbons (Fsp3) is 0.225. The first-order valence-corrected chi connectivity index (χ1v) is 15.5. The molecule has 0 bridgehead atoms. The Balaban J connectivity index is 1.65. The maximum atomic E-state index is 13.8. The van der Waals surface area contributed by atoms with Crippen LogP contribution in [0.3, 0.4) is 0 Å². The Hall–Kier alpha value is -4.54. The third kappa shape index (κ3) is 5.95. The van der Waals surface area contributed by atoms with Gasteiger partial charge >= 0.3 is 0 Å². The van der Waals surface area contributed by atoms with E-state index < -0.39 is 22.2 Å². The SMILES string of the molecule is CC(C)(C)c1cc(C(C)(C)C)c(O)c(C(=O)Nc2ccc(C(c3ccccc3)(c3ccccc3)c3ccccc3)cc2Cl)c1O. The molecule has 0 unspecified atom stereocenters. The van der Waals surface area contributed by atoms with E-state index >= 15 is 0 Å². The van der Waals surface area contributed by atoms with Crippen molar-refractivity contribution in [2.24, 2.45) is 0 Å². The molecule has 5 rings (SSSR count). The molecule has 1 amide bonds. The predicted octanol–water partition coefficient (Wildman–Crippen LogP) is 9.98. The van der Waals surface area contributed by atoms with Gasteiger partial charge in [0.1, 0.15) is 17.1 Å². The zero-order valence-electron chi connectivity index (χ0n) is 26.7. The summed E-state index contributed by atoms with van der Waals surface area (Å²) < 4.78 is 0. The second kappa shape index (κ2) is 12.1. The number of carbonyl (C=O) groups excluding carboxylic acids is 1. The predicted molar refractivity (Wildman–Crippen MR) is 185 cm³/mol. The standard InChI is InChI=1S/C40H40ClNO3/c1-38(2,3)30-25-31(39(4,5)6)36(44)34(35(30)43)37(45)42-33-23-22-29(24-32(33)41)40(26-16-10-7-11-17-26,27-18-12-8-13-19-27)28-20-14-9-15-21-28/h7-25,43-44H,1-6H3,(H,42,45). The van der Waals surface area contributed by atoms with Crippen molar-refractivity contribution in [3.8, 4) is 11.5 Å². The summed E-state index contributed by atoms with van der Waals surface area (Å²) in [4.78, 5) is 13.8. The molecule has 0 atom stereocenters. The van der Waals surface area contributed by atoms with Crippen LogP contribution in [0.5, 0.6) is 11.5 Å². The summed E-state index contributed by atoms with van der Waals surface area (Å²) >= 11 is 6.98. The van der Waals surface area contributed by atoms with Crippen molar-refractivity contribution in [1.82, 2.24) is 0 Å². The van der Waals surface area contributed by atoms with Crippen LogP contribution >= 0.6 is 11.6 Å². The monoisotopic (exact) mass is 617 g/mol. The molecular weight excluding hydrogens is 578 g/mol. The topological polar surface area (TPSA) is 69.6 Å². The number of rotatable bonds is 6. The third-order valence-electron chi connectivity index (χ3n) is 8.39. The molecule has 0 spiro atoms. The van der Waals surface area contributed by atoms with Crippen molar-refractivity contribution in [2.45, 2.75) is 57.8 Å². The molecule has 0 heterocycles. The van der Waals surface area contributed by atoms with Crippen molar-refractivity contribution in [3.63, 3.8) is 0 Å². The summed E-state index contributed by atoms with van der Waals surface area (Å²) in [6.07, 6.45) is 0.